The van der Waals surface area contributed by atoms with Gasteiger partial charge < -0.3 is 4.57 Å². The highest BCUT2D eigenvalue weighted by Gasteiger charge is 2.22. The molecule has 3 nitrogen and oxygen atoms in total. The van der Waals surface area contributed by atoms with Gasteiger partial charge in [-0.25, -0.2) is 0 Å². The Balaban J connectivity index is 1.78. The van der Waals surface area contributed by atoms with Gasteiger partial charge in [-0.2, -0.15) is 0 Å². The van der Waals surface area contributed by atoms with Gasteiger partial charge in [-0.1, -0.05) is 54.6 Å². The van der Waals surface area contributed by atoms with Crippen molar-refractivity contribution in [2.45, 2.75) is 0 Å². The molecule has 0 saturated heterocycles. The van der Waals surface area contributed by atoms with Crippen molar-refractivity contribution in [2.24, 2.45) is 7.05 Å². The van der Waals surface area contributed by atoms with Gasteiger partial charge in [0.1, 0.15) is 0 Å². The number of Topliss-reactive ketones (excluding diaryl/α,β-unsaturated/α-hetero) is 2. The molecular weight excluding hydrogens is 298 g/mol. The first-order valence-corrected chi connectivity index (χ1v) is 7.77. The van der Waals surface area contributed by atoms with E-state index in [1.807, 2.05) is 66.2 Å². The minimum Gasteiger partial charge on any atom is -0.350 e. The number of hydrogen-bond donors (Lipinski definition) is 0. The molecule has 0 aliphatic carbocycles. The number of carbonyl (C=O) groups excluding carboxylic acids is 2. The molecule has 0 N–H and O–H groups in total. The summed E-state index contributed by atoms with van der Waals surface area (Å²) < 4.78 is 1.87. The molecule has 0 bridgehead atoms. The van der Waals surface area contributed by atoms with Gasteiger partial charge in [0, 0.05) is 29.7 Å². The molecule has 3 aromatic carbocycles. The molecule has 0 saturated carbocycles. The van der Waals surface area contributed by atoms with Crippen LogP contribution >= 0.6 is 0 Å². The van der Waals surface area contributed by atoms with Crippen LogP contribution in [0, 0.1) is 0 Å². The number of aryl methyl sites for hydroxylation is 1. The summed E-state index contributed by atoms with van der Waals surface area (Å²) in [6.45, 7) is 0. The lowest BCUT2D eigenvalue weighted by molar-refractivity contribution is 0.0818. The third kappa shape index (κ3) is 2.22. The first-order chi connectivity index (χ1) is 11.6. The summed E-state index contributed by atoms with van der Waals surface area (Å²) in [5.41, 5.74) is 1.81. The fourth-order valence-corrected chi connectivity index (χ4v) is 3.11. The van der Waals surface area contributed by atoms with Gasteiger partial charge in [-0.3, -0.25) is 9.59 Å². The fourth-order valence-electron chi connectivity index (χ4n) is 3.11. The topological polar surface area (TPSA) is 39.1 Å². The van der Waals surface area contributed by atoms with Crippen LogP contribution in [0.5, 0.6) is 0 Å². The van der Waals surface area contributed by atoms with E-state index in [0.717, 1.165) is 21.7 Å². The number of nitrogens with zero attached hydrogens (tertiary/aromatic N) is 1. The molecule has 4 rings (SSSR count). The van der Waals surface area contributed by atoms with Crippen LogP contribution in [0.4, 0.5) is 0 Å². The normalized spacial score (nSPS) is 11.0. The van der Waals surface area contributed by atoms with Crippen LogP contribution in [0.1, 0.15) is 20.7 Å². The van der Waals surface area contributed by atoms with Gasteiger partial charge in [0.05, 0.1) is 5.56 Å². The number of benzene rings is 3. The maximum Gasteiger partial charge on any atom is 0.235 e. The van der Waals surface area contributed by atoms with Crippen molar-refractivity contribution in [1.29, 1.82) is 0 Å². The standard InChI is InChI=1S/C21H15NO2/c1-22-13-18(17-8-4-5-9-19(17)22)21(24)20(23)16-11-10-14-6-2-3-7-15(14)12-16/h2-13H,1H3. The van der Waals surface area contributed by atoms with Crippen LogP contribution in [-0.4, -0.2) is 16.1 Å². The minimum absolute atomic E-state index is 0.423. The van der Waals surface area contributed by atoms with Crippen molar-refractivity contribution in [3.05, 3.63) is 84.1 Å². The van der Waals surface area contributed by atoms with Crippen molar-refractivity contribution < 1.29 is 9.59 Å². The maximum atomic E-state index is 12.7. The zero-order chi connectivity index (χ0) is 16.7. The smallest absolute Gasteiger partial charge is 0.235 e. The summed E-state index contributed by atoms with van der Waals surface area (Å²) in [7, 11) is 1.87. The summed E-state index contributed by atoms with van der Waals surface area (Å²) in [6.07, 6.45) is 1.73. The highest BCUT2D eigenvalue weighted by Crippen LogP contribution is 2.23. The van der Waals surface area contributed by atoms with Crippen LogP contribution in [0.2, 0.25) is 0 Å². The van der Waals surface area contributed by atoms with Crippen molar-refractivity contribution in [2.75, 3.05) is 0 Å². The molecule has 0 spiro atoms. The van der Waals surface area contributed by atoms with E-state index in [0.29, 0.717) is 11.1 Å². The van der Waals surface area contributed by atoms with Crippen LogP contribution in [-0.2, 0) is 7.05 Å². The summed E-state index contributed by atoms with van der Waals surface area (Å²) in [5.74, 6) is -0.945. The third-order valence-corrected chi connectivity index (χ3v) is 4.36. The highest BCUT2D eigenvalue weighted by molar-refractivity contribution is 6.51. The zero-order valence-corrected chi connectivity index (χ0v) is 13.2. The van der Waals surface area contributed by atoms with E-state index in [1.165, 1.54) is 0 Å². The average Bonchev–Trinajstić information content (AvgIpc) is 2.97. The summed E-state index contributed by atoms with van der Waals surface area (Å²) in [6, 6.07) is 20.8. The highest BCUT2D eigenvalue weighted by atomic mass is 16.2. The van der Waals surface area contributed by atoms with E-state index >= 15 is 0 Å². The molecule has 0 unspecified atom stereocenters. The second-order valence-electron chi connectivity index (χ2n) is 5.89. The molecular formula is C21H15NO2. The van der Waals surface area contributed by atoms with E-state index in [9.17, 15) is 9.59 Å². The van der Waals surface area contributed by atoms with Crippen molar-refractivity contribution >= 4 is 33.2 Å². The Morgan fingerprint density at radius 2 is 1.50 bits per heavy atom. The monoisotopic (exact) mass is 313 g/mol. The average molecular weight is 313 g/mol. The molecule has 1 aromatic heterocycles. The lowest BCUT2D eigenvalue weighted by atomic mass is 9.99. The lowest BCUT2D eigenvalue weighted by Crippen LogP contribution is -2.14. The number of hydrogen-bond acceptors (Lipinski definition) is 2. The van der Waals surface area contributed by atoms with E-state index in [-0.39, 0.29) is 0 Å². The molecule has 0 aliphatic heterocycles. The summed E-state index contributed by atoms with van der Waals surface area (Å²) in [4.78, 5) is 25.4. The molecule has 0 fully saturated rings. The van der Waals surface area contributed by atoms with Gasteiger partial charge in [0.15, 0.2) is 0 Å². The first-order valence-electron chi connectivity index (χ1n) is 7.77. The van der Waals surface area contributed by atoms with Crippen LogP contribution < -0.4 is 0 Å². The number of ketones is 2. The van der Waals surface area contributed by atoms with Crippen molar-refractivity contribution in [3.63, 3.8) is 0 Å². The van der Waals surface area contributed by atoms with Crippen LogP contribution in [0.15, 0.2) is 72.9 Å². The number of para-hydroxylation sites is 1. The Kier molecular flexibility index (Phi) is 3.28. The van der Waals surface area contributed by atoms with Gasteiger partial charge in [-0.05, 0) is 22.9 Å². The summed E-state index contributed by atoms with van der Waals surface area (Å²) in [5, 5.41) is 2.81. The molecule has 0 amide bonds. The van der Waals surface area contributed by atoms with E-state index < -0.39 is 11.6 Å². The van der Waals surface area contributed by atoms with Crippen molar-refractivity contribution in [3.8, 4) is 0 Å². The molecule has 0 aliphatic rings. The van der Waals surface area contributed by atoms with Crippen molar-refractivity contribution in [1.82, 2.24) is 4.57 Å². The quantitative estimate of drug-likeness (QED) is 0.415. The van der Waals surface area contributed by atoms with Gasteiger partial charge in [0.2, 0.25) is 11.6 Å². The maximum absolute atomic E-state index is 12.7. The predicted molar refractivity (Wildman–Crippen MR) is 95.5 cm³/mol. The summed E-state index contributed by atoms with van der Waals surface area (Å²) >= 11 is 0. The van der Waals surface area contributed by atoms with Gasteiger partial charge in [-0.15, -0.1) is 0 Å². The molecule has 4 aromatic rings. The molecule has 3 heteroatoms. The van der Waals surface area contributed by atoms with E-state index in [2.05, 4.69) is 0 Å². The van der Waals surface area contributed by atoms with Crippen LogP contribution in [0.3, 0.4) is 0 Å². The lowest BCUT2D eigenvalue weighted by Gasteiger charge is -2.02. The molecule has 1 heterocycles. The number of carbonyl (C=O) groups is 2. The predicted octanol–water partition coefficient (Wildman–Crippen LogP) is 4.40. The first kappa shape index (κ1) is 14.4. The molecule has 24 heavy (non-hydrogen) atoms. The Hall–Kier alpha value is -3.20. The fraction of sp³-hybridized carbons (Fsp3) is 0.0476. The molecule has 116 valence electrons. The number of fused-ring (bicyclic) bond motifs is 2. The number of rotatable bonds is 3. The largest absolute Gasteiger partial charge is 0.350 e. The zero-order valence-electron chi connectivity index (χ0n) is 13.2. The Bertz CT molecular complexity index is 1110. The Morgan fingerprint density at radius 3 is 2.33 bits per heavy atom. The van der Waals surface area contributed by atoms with Gasteiger partial charge >= 0.3 is 0 Å². The second-order valence-corrected chi connectivity index (χ2v) is 5.89. The van der Waals surface area contributed by atoms with E-state index in [1.54, 1.807) is 18.3 Å². The van der Waals surface area contributed by atoms with E-state index in [4.69, 9.17) is 0 Å². The SMILES string of the molecule is Cn1cc(C(=O)C(=O)c2ccc3ccccc3c2)c2ccccc21. The van der Waals surface area contributed by atoms with Crippen LogP contribution in [0.25, 0.3) is 21.7 Å². The second kappa shape index (κ2) is 5.46. The molecule has 0 radical (unpaired) electrons. The third-order valence-electron chi connectivity index (χ3n) is 4.36. The minimum atomic E-state index is -0.475. The number of aromatic nitrogens is 1. The Labute approximate surface area is 139 Å². The van der Waals surface area contributed by atoms with Gasteiger partial charge in [0.25, 0.3) is 0 Å². The molecule has 0 atom stereocenters. The Morgan fingerprint density at radius 1 is 0.792 bits per heavy atom.